The van der Waals surface area contributed by atoms with Gasteiger partial charge in [0.05, 0.1) is 0 Å². The summed E-state index contributed by atoms with van der Waals surface area (Å²) in [5.74, 6) is -1.14. The third kappa shape index (κ3) is 1.36. The Balaban J connectivity index is 3.05. The SMILES string of the molecule is Cc1nn(C)c(F)c1OC(=O)O. The molecule has 1 heterocycles. The summed E-state index contributed by atoms with van der Waals surface area (Å²) in [5.41, 5.74) is 0.206. The van der Waals surface area contributed by atoms with Gasteiger partial charge in [0.2, 0.25) is 5.75 Å². The molecule has 0 aliphatic rings. The predicted molar refractivity (Wildman–Crippen MR) is 36.6 cm³/mol. The fourth-order valence-corrected chi connectivity index (χ4v) is 0.814. The normalized spacial score (nSPS) is 9.92. The minimum atomic E-state index is -1.55. The molecule has 12 heavy (non-hydrogen) atoms. The molecule has 0 aliphatic carbocycles. The maximum atomic E-state index is 12.9. The van der Waals surface area contributed by atoms with Crippen LogP contribution in [0, 0.1) is 12.9 Å². The van der Waals surface area contributed by atoms with Crippen LogP contribution in [0.15, 0.2) is 0 Å². The zero-order chi connectivity index (χ0) is 9.30. The predicted octanol–water partition coefficient (Wildman–Crippen LogP) is 0.924. The summed E-state index contributed by atoms with van der Waals surface area (Å²) in [5, 5.41) is 11.8. The van der Waals surface area contributed by atoms with Crippen molar-refractivity contribution in [1.82, 2.24) is 9.78 Å². The Kier molecular flexibility index (Phi) is 1.99. The van der Waals surface area contributed by atoms with E-state index in [1.807, 2.05) is 0 Å². The Hall–Kier alpha value is -1.59. The zero-order valence-corrected chi connectivity index (χ0v) is 6.54. The van der Waals surface area contributed by atoms with E-state index in [1.165, 1.54) is 14.0 Å². The second-order valence-corrected chi connectivity index (χ2v) is 2.20. The Morgan fingerprint density at radius 3 is 2.67 bits per heavy atom. The largest absolute Gasteiger partial charge is 0.511 e. The van der Waals surface area contributed by atoms with E-state index >= 15 is 0 Å². The smallest absolute Gasteiger partial charge is 0.449 e. The number of halogens is 1. The summed E-state index contributed by atoms with van der Waals surface area (Å²) in [6, 6.07) is 0. The van der Waals surface area contributed by atoms with Crippen molar-refractivity contribution in [2.75, 3.05) is 0 Å². The van der Waals surface area contributed by atoms with Gasteiger partial charge in [-0.3, -0.25) is 0 Å². The van der Waals surface area contributed by atoms with Crippen molar-refractivity contribution in [3.8, 4) is 5.75 Å². The highest BCUT2D eigenvalue weighted by atomic mass is 19.1. The van der Waals surface area contributed by atoms with Gasteiger partial charge in [0, 0.05) is 7.05 Å². The van der Waals surface area contributed by atoms with E-state index < -0.39 is 12.1 Å². The summed E-state index contributed by atoms with van der Waals surface area (Å²) >= 11 is 0. The minimum absolute atomic E-state index is 0.206. The van der Waals surface area contributed by atoms with Crippen LogP contribution in [0.1, 0.15) is 5.69 Å². The number of ether oxygens (including phenoxy) is 1. The number of carboxylic acid groups (broad SMARTS) is 1. The fourth-order valence-electron chi connectivity index (χ4n) is 0.814. The fraction of sp³-hybridized carbons (Fsp3) is 0.333. The van der Waals surface area contributed by atoms with Gasteiger partial charge in [0.25, 0.3) is 5.95 Å². The Morgan fingerprint density at radius 2 is 2.33 bits per heavy atom. The van der Waals surface area contributed by atoms with Crippen LogP contribution >= 0.6 is 0 Å². The van der Waals surface area contributed by atoms with Crippen LogP contribution in [0.25, 0.3) is 0 Å². The molecule has 6 heteroatoms. The topological polar surface area (TPSA) is 64.4 Å². The molecule has 0 saturated carbocycles. The highest BCUT2D eigenvalue weighted by Crippen LogP contribution is 2.20. The number of aromatic nitrogens is 2. The lowest BCUT2D eigenvalue weighted by Gasteiger charge is -1.95. The van der Waals surface area contributed by atoms with Crippen molar-refractivity contribution in [2.45, 2.75) is 6.92 Å². The third-order valence-corrected chi connectivity index (χ3v) is 1.29. The molecule has 1 rings (SSSR count). The monoisotopic (exact) mass is 174 g/mol. The maximum absolute atomic E-state index is 12.9. The van der Waals surface area contributed by atoms with Gasteiger partial charge in [0.15, 0.2) is 0 Å². The van der Waals surface area contributed by atoms with Crippen LogP contribution in [-0.2, 0) is 7.05 Å². The molecule has 0 bridgehead atoms. The number of hydrogen-bond acceptors (Lipinski definition) is 3. The second-order valence-electron chi connectivity index (χ2n) is 2.20. The van der Waals surface area contributed by atoms with E-state index in [2.05, 4.69) is 9.84 Å². The molecular formula is C6H7FN2O3. The zero-order valence-electron chi connectivity index (χ0n) is 6.54. The summed E-state index contributed by atoms with van der Waals surface area (Å²) in [4.78, 5) is 10.1. The van der Waals surface area contributed by atoms with E-state index in [1.54, 1.807) is 0 Å². The summed E-state index contributed by atoms with van der Waals surface area (Å²) in [6.45, 7) is 1.46. The summed E-state index contributed by atoms with van der Waals surface area (Å²) in [7, 11) is 1.36. The first-order valence-corrected chi connectivity index (χ1v) is 3.12. The standard InChI is InChI=1S/C6H7FN2O3/c1-3-4(12-6(10)11)5(7)9(2)8-3/h1-2H3,(H,10,11). The van der Waals surface area contributed by atoms with E-state index in [0.29, 0.717) is 0 Å². The quantitative estimate of drug-likeness (QED) is 0.643. The number of hydrogen-bond donors (Lipinski definition) is 1. The lowest BCUT2D eigenvalue weighted by Crippen LogP contribution is -2.05. The van der Waals surface area contributed by atoms with Gasteiger partial charge in [-0.05, 0) is 6.92 Å². The van der Waals surface area contributed by atoms with Crippen LogP contribution < -0.4 is 4.74 Å². The highest BCUT2D eigenvalue weighted by Gasteiger charge is 2.16. The molecule has 0 saturated heterocycles. The number of aryl methyl sites for hydroxylation is 2. The molecule has 0 fully saturated rings. The molecule has 1 aromatic rings. The molecule has 0 amide bonds. The summed E-state index contributed by atoms with van der Waals surface area (Å²) in [6.07, 6.45) is -1.55. The molecule has 66 valence electrons. The number of carbonyl (C=O) groups is 1. The molecule has 1 N–H and O–H groups in total. The average molecular weight is 174 g/mol. The van der Waals surface area contributed by atoms with Gasteiger partial charge in [-0.25, -0.2) is 9.48 Å². The number of nitrogens with zero attached hydrogens (tertiary/aromatic N) is 2. The third-order valence-electron chi connectivity index (χ3n) is 1.29. The maximum Gasteiger partial charge on any atom is 0.511 e. The molecular weight excluding hydrogens is 167 g/mol. The molecule has 1 aromatic heterocycles. The molecule has 0 aromatic carbocycles. The van der Waals surface area contributed by atoms with Gasteiger partial charge in [0.1, 0.15) is 5.69 Å². The minimum Gasteiger partial charge on any atom is -0.449 e. The number of rotatable bonds is 1. The van der Waals surface area contributed by atoms with E-state index in [9.17, 15) is 9.18 Å². The lowest BCUT2D eigenvalue weighted by molar-refractivity contribution is 0.142. The van der Waals surface area contributed by atoms with Crippen LogP contribution in [-0.4, -0.2) is 21.0 Å². The van der Waals surface area contributed by atoms with Gasteiger partial charge in [-0.15, -0.1) is 0 Å². The van der Waals surface area contributed by atoms with E-state index in [-0.39, 0.29) is 11.4 Å². The van der Waals surface area contributed by atoms with E-state index in [0.717, 1.165) is 4.68 Å². The Labute approximate surface area is 67.4 Å². The van der Waals surface area contributed by atoms with Gasteiger partial charge in [-0.2, -0.15) is 9.49 Å². The van der Waals surface area contributed by atoms with Gasteiger partial charge >= 0.3 is 6.16 Å². The van der Waals surface area contributed by atoms with Crippen molar-refractivity contribution >= 4 is 6.16 Å². The van der Waals surface area contributed by atoms with Crippen molar-refractivity contribution in [1.29, 1.82) is 0 Å². The molecule has 0 atom stereocenters. The van der Waals surface area contributed by atoms with Crippen LogP contribution in [0.5, 0.6) is 5.75 Å². The highest BCUT2D eigenvalue weighted by molar-refractivity contribution is 5.61. The average Bonchev–Trinajstić information content (AvgIpc) is 2.16. The first-order chi connectivity index (χ1) is 5.52. The van der Waals surface area contributed by atoms with Crippen LogP contribution in [0.4, 0.5) is 9.18 Å². The van der Waals surface area contributed by atoms with Crippen LogP contribution in [0.2, 0.25) is 0 Å². The second kappa shape index (κ2) is 2.80. The summed E-state index contributed by atoms with van der Waals surface area (Å²) < 4.78 is 18.0. The van der Waals surface area contributed by atoms with Gasteiger partial charge < -0.3 is 9.84 Å². The van der Waals surface area contributed by atoms with Crippen molar-refractivity contribution in [3.63, 3.8) is 0 Å². The molecule has 0 radical (unpaired) electrons. The van der Waals surface area contributed by atoms with E-state index in [4.69, 9.17) is 5.11 Å². The first-order valence-electron chi connectivity index (χ1n) is 3.12. The first kappa shape index (κ1) is 8.51. The lowest BCUT2D eigenvalue weighted by atomic mass is 10.4. The Morgan fingerprint density at radius 1 is 1.75 bits per heavy atom. The molecule has 0 aliphatic heterocycles. The molecule has 0 spiro atoms. The van der Waals surface area contributed by atoms with Crippen molar-refractivity contribution in [3.05, 3.63) is 11.6 Å². The van der Waals surface area contributed by atoms with Crippen molar-refractivity contribution in [2.24, 2.45) is 7.05 Å². The van der Waals surface area contributed by atoms with Crippen LogP contribution in [0.3, 0.4) is 0 Å². The van der Waals surface area contributed by atoms with Gasteiger partial charge in [-0.1, -0.05) is 0 Å². The Bertz CT molecular complexity index is 321. The molecule has 5 nitrogen and oxygen atoms in total. The van der Waals surface area contributed by atoms with Crippen molar-refractivity contribution < 1.29 is 19.0 Å². The molecule has 0 unspecified atom stereocenters.